The molecule has 1 saturated carbocycles. The first-order valence-corrected chi connectivity index (χ1v) is 17.9. The molecular weight excluding hydrogens is 578 g/mol. The summed E-state index contributed by atoms with van der Waals surface area (Å²) >= 11 is 1.01. The van der Waals surface area contributed by atoms with E-state index in [1.54, 1.807) is 6.20 Å². The molecule has 8 nitrogen and oxygen atoms in total. The number of rotatable bonds is 19. The zero-order valence-corrected chi connectivity index (χ0v) is 27.4. The molecule has 44 heavy (non-hydrogen) atoms. The van der Waals surface area contributed by atoms with E-state index in [1.807, 2.05) is 18.2 Å². The van der Waals surface area contributed by atoms with Gasteiger partial charge in [0.25, 0.3) is 0 Å². The van der Waals surface area contributed by atoms with E-state index in [0.29, 0.717) is 17.9 Å². The number of hydrogen-bond acceptors (Lipinski definition) is 9. The van der Waals surface area contributed by atoms with E-state index < -0.39 is 0 Å². The maximum absolute atomic E-state index is 13.3. The van der Waals surface area contributed by atoms with Crippen molar-refractivity contribution in [1.82, 2.24) is 4.98 Å². The van der Waals surface area contributed by atoms with Crippen molar-refractivity contribution in [2.24, 2.45) is 11.8 Å². The van der Waals surface area contributed by atoms with E-state index in [0.717, 1.165) is 115 Å². The highest BCUT2D eigenvalue weighted by Crippen LogP contribution is 2.38. The van der Waals surface area contributed by atoms with E-state index in [2.05, 4.69) is 24.1 Å². The number of pyridine rings is 1. The Morgan fingerprint density at radius 2 is 1.82 bits per heavy atom. The molecule has 3 aliphatic rings. The summed E-state index contributed by atoms with van der Waals surface area (Å²) in [6.45, 7) is 3.70. The van der Waals surface area contributed by atoms with Gasteiger partial charge < -0.3 is 23.1 Å². The van der Waals surface area contributed by atoms with Crippen LogP contribution in [0.5, 0.6) is 0 Å². The lowest BCUT2D eigenvalue weighted by Gasteiger charge is -2.29. The molecule has 0 N–H and O–H groups in total. The molecule has 0 spiro atoms. The third kappa shape index (κ3) is 12.5. The smallest absolute Gasteiger partial charge is 0.318 e. The second kappa shape index (κ2) is 20.4. The molecule has 2 saturated heterocycles. The number of aromatic nitrogens is 1. The predicted octanol–water partition coefficient (Wildman–Crippen LogP) is 8.14. The zero-order valence-electron chi connectivity index (χ0n) is 26.6. The minimum atomic E-state index is -0.226. The van der Waals surface area contributed by atoms with Gasteiger partial charge in [-0.15, -0.1) is 0 Å². The van der Waals surface area contributed by atoms with E-state index in [4.69, 9.17) is 23.1 Å². The summed E-state index contributed by atoms with van der Waals surface area (Å²) in [6, 6.07) is 5.51. The first-order chi connectivity index (χ1) is 21.6. The van der Waals surface area contributed by atoms with Crippen molar-refractivity contribution in [3.63, 3.8) is 0 Å². The molecule has 1 aromatic rings. The summed E-state index contributed by atoms with van der Waals surface area (Å²) in [5.41, 5.74) is 0. The van der Waals surface area contributed by atoms with E-state index in [1.165, 1.54) is 6.42 Å². The van der Waals surface area contributed by atoms with Gasteiger partial charge in [-0.3, -0.25) is 9.59 Å². The maximum atomic E-state index is 13.3. The van der Waals surface area contributed by atoms with Crippen molar-refractivity contribution in [2.45, 2.75) is 146 Å². The second-order valence-electron chi connectivity index (χ2n) is 12.3. The Bertz CT molecular complexity index is 981. The largest absolute Gasteiger partial charge is 0.384 e. The highest BCUT2D eigenvalue weighted by Gasteiger charge is 2.42. The molecule has 4 rings (SSSR count). The first kappa shape index (κ1) is 35.1. The van der Waals surface area contributed by atoms with Crippen molar-refractivity contribution >= 4 is 23.8 Å². The average Bonchev–Trinajstić information content (AvgIpc) is 3.34. The van der Waals surface area contributed by atoms with Gasteiger partial charge in [-0.25, -0.2) is 4.98 Å². The van der Waals surface area contributed by atoms with Crippen LogP contribution in [0.15, 0.2) is 41.6 Å². The molecule has 246 valence electrons. The number of Topliss-reactive ketones (excluding diaryl/α,β-unsaturated/α-hetero) is 1. The van der Waals surface area contributed by atoms with Crippen LogP contribution in [0.1, 0.15) is 116 Å². The Morgan fingerprint density at radius 3 is 2.55 bits per heavy atom. The number of ether oxygens (including phenoxy) is 4. The van der Waals surface area contributed by atoms with Crippen molar-refractivity contribution in [3.05, 3.63) is 36.5 Å². The number of nitrogens with zero attached hydrogens (tertiary/aromatic N) is 1. The van der Waals surface area contributed by atoms with Gasteiger partial charge in [0.2, 0.25) is 0 Å². The number of ketones is 1. The third-order valence-corrected chi connectivity index (χ3v) is 9.46. The Kier molecular flexibility index (Phi) is 16.2. The molecule has 0 amide bonds. The van der Waals surface area contributed by atoms with Crippen LogP contribution in [0.2, 0.25) is 0 Å². The quantitative estimate of drug-likeness (QED) is 0.0852. The Balaban J connectivity index is 1.28. The van der Waals surface area contributed by atoms with E-state index >= 15 is 0 Å². The predicted molar refractivity (Wildman–Crippen MR) is 171 cm³/mol. The number of unbranched alkanes of at least 4 members (excludes halogenated alkanes) is 5. The Labute approximate surface area is 268 Å². The van der Waals surface area contributed by atoms with Crippen LogP contribution >= 0.6 is 12.0 Å². The summed E-state index contributed by atoms with van der Waals surface area (Å²) in [4.78, 5) is 29.6. The molecule has 9 heteroatoms. The summed E-state index contributed by atoms with van der Waals surface area (Å²) < 4.78 is 29.9. The second-order valence-corrected chi connectivity index (χ2v) is 13.1. The van der Waals surface area contributed by atoms with E-state index in [-0.39, 0.29) is 48.4 Å². The zero-order chi connectivity index (χ0) is 30.8. The summed E-state index contributed by atoms with van der Waals surface area (Å²) in [7, 11) is 0. The van der Waals surface area contributed by atoms with Gasteiger partial charge in [-0.1, -0.05) is 63.7 Å². The van der Waals surface area contributed by atoms with Gasteiger partial charge in [-0.05, 0) is 69.9 Å². The van der Waals surface area contributed by atoms with Crippen LogP contribution in [0.4, 0.5) is 0 Å². The average molecular weight is 632 g/mol. The minimum Gasteiger partial charge on any atom is -0.384 e. The molecule has 1 aliphatic carbocycles. The lowest BCUT2D eigenvalue weighted by atomic mass is 9.88. The van der Waals surface area contributed by atoms with Crippen molar-refractivity contribution in [2.75, 3.05) is 13.2 Å². The van der Waals surface area contributed by atoms with Gasteiger partial charge in [0, 0.05) is 44.1 Å². The SMILES string of the molecule is CCCCC[C@@H](C=C[C@H]1[C@H](OC2CCCCO2)CC(=O)[C@@H]1CCCCCCC(=O)OSc1ccccn1)OC1CCCCO1. The first-order valence-electron chi connectivity index (χ1n) is 17.2. The molecule has 6 atom stereocenters. The van der Waals surface area contributed by atoms with Gasteiger partial charge in [-0.2, -0.15) is 0 Å². The van der Waals surface area contributed by atoms with Gasteiger partial charge >= 0.3 is 5.97 Å². The van der Waals surface area contributed by atoms with Crippen molar-refractivity contribution in [3.8, 4) is 0 Å². The molecule has 0 bridgehead atoms. The maximum Gasteiger partial charge on any atom is 0.318 e. The molecule has 2 aliphatic heterocycles. The molecule has 1 aromatic heterocycles. The van der Waals surface area contributed by atoms with Crippen molar-refractivity contribution in [1.29, 1.82) is 0 Å². The van der Waals surface area contributed by atoms with Crippen LogP contribution in [0.25, 0.3) is 0 Å². The lowest BCUT2D eigenvalue weighted by molar-refractivity contribution is -0.192. The Morgan fingerprint density at radius 1 is 1.02 bits per heavy atom. The van der Waals surface area contributed by atoms with Crippen LogP contribution in [-0.2, 0) is 32.7 Å². The standard InChI is InChI=1S/C35H53NO7S/c1-2-3-6-15-27(41-34-19-10-13-24-39-34)21-22-29-28(30(37)26-31(29)42-35-20-11-14-25-40-35)16-7-4-5-8-18-33(38)43-44-32-17-9-12-23-36-32/h9,12,17,21-23,27-29,31,34-35H,2-8,10-11,13-16,18-20,24-26H2,1H3/t27-,28+,29+,31+,34?,35?/m0/s1. The highest BCUT2D eigenvalue weighted by atomic mass is 32.2. The van der Waals surface area contributed by atoms with Crippen molar-refractivity contribution < 1.29 is 32.7 Å². The Hall–Kier alpha value is -1.78. The van der Waals surface area contributed by atoms with Gasteiger partial charge in [0.1, 0.15) is 22.9 Å². The fourth-order valence-electron chi connectivity index (χ4n) is 6.31. The number of hydrogen-bond donors (Lipinski definition) is 0. The molecule has 3 fully saturated rings. The van der Waals surface area contributed by atoms with Gasteiger partial charge in [0.15, 0.2) is 12.6 Å². The number of carbonyl (C=O) groups is 2. The monoisotopic (exact) mass is 631 g/mol. The normalized spacial score (nSPS) is 26.7. The molecule has 0 radical (unpaired) electrons. The summed E-state index contributed by atoms with van der Waals surface area (Å²) in [5, 5.41) is 0.671. The van der Waals surface area contributed by atoms with E-state index in [9.17, 15) is 9.59 Å². The molecule has 0 aromatic carbocycles. The fourth-order valence-corrected chi connectivity index (χ4v) is 6.81. The minimum absolute atomic E-state index is 0.0103. The highest BCUT2D eigenvalue weighted by molar-refractivity contribution is 7.95. The van der Waals surface area contributed by atoms with Crippen LogP contribution in [-0.4, -0.2) is 54.7 Å². The topological polar surface area (TPSA) is 93.2 Å². The van der Waals surface area contributed by atoms with Crippen LogP contribution in [0, 0.1) is 11.8 Å². The van der Waals surface area contributed by atoms with Crippen LogP contribution < -0.4 is 0 Å². The summed E-state index contributed by atoms with van der Waals surface area (Å²) in [5.74, 6) is 0.00343. The van der Waals surface area contributed by atoms with Crippen LogP contribution in [0.3, 0.4) is 0 Å². The summed E-state index contributed by atoms with van der Waals surface area (Å²) in [6.07, 6.45) is 21.4. The fraction of sp³-hybridized carbons (Fsp3) is 0.743. The molecular formula is C35H53NO7S. The van der Waals surface area contributed by atoms with Gasteiger partial charge in [0.05, 0.1) is 12.2 Å². The third-order valence-electron chi connectivity index (χ3n) is 8.78. The lowest BCUT2D eigenvalue weighted by Crippen LogP contribution is -2.31. The number of carbonyl (C=O) groups excluding carboxylic acids is 2. The molecule has 3 heterocycles. The molecule has 2 unspecified atom stereocenters.